The van der Waals surface area contributed by atoms with Crippen molar-refractivity contribution >= 4 is 17.5 Å². The Labute approximate surface area is 183 Å². The normalized spacial score (nSPS) is 21.1. The van der Waals surface area contributed by atoms with Crippen LogP contribution < -0.4 is 14.8 Å². The summed E-state index contributed by atoms with van der Waals surface area (Å²) in [6.45, 7) is 1.06. The third-order valence-corrected chi connectivity index (χ3v) is 5.79. The van der Waals surface area contributed by atoms with Crippen LogP contribution in [0.15, 0.2) is 42.5 Å². The molecule has 1 saturated heterocycles. The maximum atomic E-state index is 13.2. The highest BCUT2D eigenvalue weighted by Gasteiger charge is 2.39. The number of ether oxygens (including phenoxy) is 2. The number of carbonyl (C=O) groups excluding carboxylic acids is 2. The van der Waals surface area contributed by atoms with Gasteiger partial charge in [-0.2, -0.15) is 13.2 Å². The van der Waals surface area contributed by atoms with E-state index in [4.69, 9.17) is 9.47 Å². The van der Waals surface area contributed by atoms with Gasteiger partial charge < -0.3 is 19.7 Å². The number of nitrogens with one attached hydrogen (secondary N) is 1. The average molecular weight is 448 g/mol. The first kappa shape index (κ1) is 22.0. The maximum absolute atomic E-state index is 13.2. The molecule has 9 heteroatoms. The summed E-state index contributed by atoms with van der Waals surface area (Å²) in [4.78, 5) is 26.9. The number of benzene rings is 2. The second-order valence-electron chi connectivity index (χ2n) is 7.92. The predicted octanol–water partition coefficient (Wildman–Crippen LogP) is 4.41. The SMILES string of the molecule is CN1C(=O)CCC(C(=O)Nc2ccc3c(c2)OCCCO3)C1c1ccc(C(F)(F)F)cc1. The van der Waals surface area contributed by atoms with E-state index in [-0.39, 0.29) is 18.2 Å². The Hall–Kier alpha value is -3.23. The molecule has 0 radical (unpaired) electrons. The van der Waals surface area contributed by atoms with Gasteiger partial charge in [0.15, 0.2) is 11.5 Å². The summed E-state index contributed by atoms with van der Waals surface area (Å²) in [5.74, 6) is 0.0466. The minimum atomic E-state index is -4.46. The van der Waals surface area contributed by atoms with Crippen LogP contribution >= 0.6 is 0 Å². The van der Waals surface area contributed by atoms with Crippen molar-refractivity contribution < 1.29 is 32.2 Å². The number of likely N-dealkylation sites (tertiary alicyclic amines) is 1. The van der Waals surface area contributed by atoms with Crippen LogP contribution in [0.3, 0.4) is 0 Å². The van der Waals surface area contributed by atoms with E-state index in [2.05, 4.69) is 5.32 Å². The lowest BCUT2D eigenvalue weighted by atomic mass is 9.83. The number of alkyl halides is 3. The van der Waals surface area contributed by atoms with Crippen molar-refractivity contribution in [2.24, 2.45) is 5.92 Å². The Morgan fingerprint density at radius 3 is 2.44 bits per heavy atom. The smallest absolute Gasteiger partial charge is 0.416 e. The zero-order valence-electron chi connectivity index (χ0n) is 17.4. The van der Waals surface area contributed by atoms with Gasteiger partial charge >= 0.3 is 6.18 Å². The molecule has 2 aliphatic rings. The highest BCUT2D eigenvalue weighted by atomic mass is 19.4. The molecule has 32 heavy (non-hydrogen) atoms. The molecule has 0 bridgehead atoms. The summed E-state index contributed by atoms with van der Waals surface area (Å²) in [5, 5.41) is 2.86. The fourth-order valence-corrected chi connectivity index (χ4v) is 4.11. The number of piperidine rings is 1. The molecule has 0 spiro atoms. The molecule has 6 nitrogen and oxygen atoms in total. The van der Waals surface area contributed by atoms with Gasteiger partial charge in [-0.25, -0.2) is 0 Å². The van der Waals surface area contributed by atoms with Crippen LogP contribution in [0, 0.1) is 5.92 Å². The number of rotatable bonds is 3. The summed E-state index contributed by atoms with van der Waals surface area (Å²) in [6.07, 6.45) is -3.22. The second kappa shape index (κ2) is 8.72. The van der Waals surface area contributed by atoms with Crippen LogP contribution in [0.4, 0.5) is 18.9 Å². The molecule has 1 N–H and O–H groups in total. The second-order valence-corrected chi connectivity index (χ2v) is 7.92. The first-order chi connectivity index (χ1) is 15.2. The number of nitrogens with zero attached hydrogens (tertiary/aromatic N) is 1. The topological polar surface area (TPSA) is 67.9 Å². The predicted molar refractivity (Wildman–Crippen MR) is 110 cm³/mol. The number of carbonyl (C=O) groups is 2. The van der Waals surface area contributed by atoms with E-state index in [1.54, 1.807) is 25.2 Å². The molecule has 170 valence electrons. The summed E-state index contributed by atoms with van der Waals surface area (Å²) < 4.78 is 50.1. The Bertz CT molecular complexity index is 1010. The third kappa shape index (κ3) is 4.51. The number of amides is 2. The molecule has 2 aromatic rings. The largest absolute Gasteiger partial charge is 0.490 e. The number of anilines is 1. The van der Waals surface area contributed by atoms with Crippen LogP contribution in [0.5, 0.6) is 11.5 Å². The van der Waals surface area contributed by atoms with Crippen LogP contribution in [-0.4, -0.2) is 37.0 Å². The van der Waals surface area contributed by atoms with Crippen molar-refractivity contribution in [2.45, 2.75) is 31.5 Å². The highest BCUT2D eigenvalue weighted by Crippen LogP contribution is 2.39. The van der Waals surface area contributed by atoms with Gasteiger partial charge in [0, 0.05) is 31.6 Å². The number of halogens is 3. The fraction of sp³-hybridized carbons (Fsp3) is 0.391. The van der Waals surface area contributed by atoms with E-state index >= 15 is 0 Å². The Kier molecular flexibility index (Phi) is 5.99. The van der Waals surface area contributed by atoms with Gasteiger partial charge in [0.05, 0.1) is 30.7 Å². The van der Waals surface area contributed by atoms with Crippen LogP contribution in [0.2, 0.25) is 0 Å². The van der Waals surface area contributed by atoms with E-state index in [0.717, 1.165) is 18.6 Å². The minimum absolute atomic E-state index is 0.158. The van der Waals surface area contributed by atoms with Crippen LogP contribution in [-0.2, 0) is 15.8 Å². The number of hydrogen-bond acceptors (Lipinski definition) is 4. The first-order valence-corrected chi connectivity index (χ1v) is 10.4. The van der Waals surface area contributed by atoms with Gasteiger partial charge in [-0.3, -0.25) is 9.59 Å². The van der Waals surface area contributed by atoms with Gasteiger partial charge in [-0.15, -0.1) is 0 Å². The quantitative estimate of drug-likeness (QED) is 0.755. The molecule has 0 aliphatic carbocycles. The summed E-state index contributed by atoms with van der Waals surface area (Å²) in [6, 6.07) is 9.05. The van der Waals surface area contributed by atoms with Gasteiger partial charge in [-0.1, -0.05) is 12.1 Å². The standard InChI is InChI=1S/C23H23F3N2O4/c1-28-20(29)10-8-17(21(28)14-3-5-15(6-4-14)23(24,25)26)22(30)27-16-7-9-18-19(13-16)32-12-2-11-31-18/h3-7,9,13,17,21H,2,8,10-12H2,1H3,(H,27,30). The Balaban J connectivity index is 1.57. The van der Waals surface area contributed by atoms with E-state index in [0.29, 0.717) is 42.4 Å². The van der Waals surface area contributed by atoms with Crippen molar-refractivity contribution in [3.8, 4) is 11.5 Å². The van der Waals surface area contributed by atoms with Gasteiger partial charge in [-0.05, 0) is 36.2 Å². The molecule has 4 rings (SSSR count). The summed E-state index contributed by atoms with van der Waals surface area (Å²) >= 11 is 0. The van der Waals surface area contributed by atoms with E-state index in [9.17, 15) is 22.8 Å². The average Bonchev–Trinajstić information content (AvgIpc) is 3.00. The zero-order valence-corrected chi connectivity index (χ0v) is 17.4. The van der Waals surface area contributed by atoms with Gasteiger partial charge in [0.25, 0.3) is 0 Å². The molecule has 2 unspecified atom stereocenters. The lowest BCUT2D eigenvalue weighted by Gasteiger charge is -2.38. The van der Waals surface area contributed by atoms with Crippen molar-refractivity contribution in [1.82, 2.24) is 4.90 Å². The number of fused-ring (bicyclic) bond motifs is 1. The van der Waals surface area contributed by atoms with Crippen LogP contribution in [0.25, 0.3) is 0 Å². The van der Waals surface area contributed by atoms with E-state index in [1.807, 2.05) is 0 Å². The van der Waals surface area contributed by atoms with E-state index in [1.165, 1.54) is 17.0 Å². The molecule has 2 atom stereocenters. The molecule has 2 aromatic carbocycles. The molecular weight excluding hydrogens is 425 g/mol. The Morgan fingerprint density at radius 2 is 1.75 bits per heavy atom. The van der Waals surface area contributed by atoms with Gasteiger partial charge in [0.2, 0.25) is 11.8 Å². The van der Waals surface area contributed by atoms with Crippen molar-refractivity contribution in [2.75, 3.05) is 25.6 Å². The summed E-state index contributed by atoms with van der Waals surface area (Å²) in [7, 11) is 1.57. The Morgan fingerprint density at radius 1 is 1.06 bits per heavy atom. The van der Waals surface area contributed by atoms with Crippen molar-refractivity contribution in [3.05, 3.63) is 53.6 Å². The van der Waals surface area contributed by atoms with Gasteiger partial charge in [0.1, 0.15) is 0 Å². The molecular formula is C23H23F3N2O4. The lowest BCUT2D eigenvalue weighted by Crippen LogP contribution is -2.44. The molecule has 0 saturated carbocycles. The first-order valence-electron chi connectivity index (χ1n) is 10.4. The number of hydrogen-bond donors (Lipinski definition) is 1. The van der Waals surface area contributed by atoms with Crippen LogP contribution in [0.1, 0.15) is 36.4 Å². The zero-order chi connectivity index (χ0) is 22.9. The molecule has 2 amide bonds. The summed E-state index contributed by atoms with van der Waals surface area (Å²) in [5.41, 5.74) is 0.219. The molecule has 2 heterocycles. The third-order valence-electron chi connectivity index (χ3n) is 5.79. The lowest BCUT2D eigenvalue weighted by molar-refractivity contribution is -0.140. The molecule has 2 aliphatic heterocycles. The molecule has 1 fully saturated rings. The van der Waals surface area contributed by atoms with Crippen molar-refractivity contribution in [1.29, 1.82) is 0 Å². The molecule has 0 aromatic heterocycles. The minimum Gasteiger partial charge on any atom is -0.490 e. The fourth-order valence-electron chi connectivity index (χ4n) is 4.11. The van der Waals surface area contributed by atoms with Crippen molar-refractivity contribution in [3.63, 3.8) is 0 Å². The monoisotopic (exact) mass is 448 g/mol. The maximum Gasteiger partial charge on any atom is 0.416 e. The highest BCUT2D eigenvalue weighted by molar-refractivity contribution is 5.95. The van der Waals surface area contributed by atoms with E-state index < -0.39 is 23.7 Å².